The summed E-state index contributed by atoms with van der Waals surface area (Å²) in [6.07, 6.45) is 0. The molecule has 132 valence electrons. The number of benzene rings is 2. The van der Waals surface area contributed by atoms with Gasteiger partial charge in [0, 0.05) is 47.6 Å². The number of halogens is 2. The quantitative estimate of drug-likeness (QED) is 0.872. The van der Waals surface area contributed by atoms with Crippen molar-refractivity contribution in [3.8, 4) is 0 Å². The van der Waals surface area contributed by atoms with E-state index in [9.17, 15) is 4.79 Å². The maximum atomic E-state index is 12.3. The van der Waals surface area contributed by atoms with Crippen LogP contribution in [0.4, 0.5) is 11.4 Å². The number of carbonyl (C=O) groups is 1. The number of rotatable bonds is 4. The fraction of sp³-hybridized carbons (Fsp3) is 0.316. The summed E-state index contributed by atoms with van der Waals surface area (Å²) < 4.78 is 0. The molecule has 3 rings (SSSR count). The zero-order chi connectivity index (χ0) is 17.8. The third-order valence-electron chi connectivity index (χ3n) is 4.34. The lowest BCUT2D eigenvalue weighted by atomic mass is 10.1. The SMILES string of the molecule is Cc1ccccc1N1CCN(CC(=O)Nc2cc(Cl)cc(Cl)c2)CC1. The smallest absolute Gasteiger partial charge is 0.238 e. The second kappa shape index (κ2) is 8.09. The Morgan fingerprint density at radius 2 is 1.68 bits per heavy atom. The minimum absolute atomic E-state index is 0.0531. The van der Waals surface area contributed by atoms with E-state index < -0.39 is 0 Å². The number of para-hydroxylation sites is 1. The maximum Gasteiger partial charge on any atom is 0.238 e. The molecule has 0 spiro atoms. The molecule has 0 saturated carbocycles. The standard InChI is InChI=1S/C19H21Cl2N3O/c1-14-4-2-3-5-18(14)24-8-6-23(7-9-24)13-19(25)22-17-11-15(20)10-16(21)12-17/h2-5,10-12H,6-9,13H2,1H3,(H,22,25). The largest absolute Gasteiger partial charge is 0.369 e. The van der Waals surface area contributed by atoms with E-state index in [2.05, 4.69) is 46.3 Å². The van der Waals surface area contributed by atoms with Crippen LogP contribution in [0.5, 0.6) is 0 Å². The lowest BCUT2D eigenvalue weighted by Crippen LogP contribution is -2.48. The van der Waals surface area contributed by atoms with Crippen LogP contribution in [0.2, 0.25) is 10.0 Å². The molecule has 1 aliphatic rings. The molecule has 1 saturated heterocycles. The summed E-state index contributed by atoms with van der Waals surface area (Å²) in [4.78, 5) is 16.8. The van der Waals surface area contributed by atoms with Crippen LogP contribution in [-0.4, -0.2) is 43.5 Å². The lowest BCUT2D eigenvalue weighted by Gasteiger charge is -2.36. The second-order valence-electron chi connectivity index (χ2n) is 6.26. The molecule has 25 heavy (non-hydrogen) atoms. The van der Waals surface area contributed by atoms with Gasteiger partial charge < -0.3 is 10.2 Å². The monoisotopic (exact) mass is 377 g/mol. The fourth-order valence-corrected chi connectivity index (χ4v) is 3.62. The highest BCUT2D eigenvalue weighted by molar-refractivity contribution is 6.35. The molecule has 1 aliphatic heterocycles. The molecule has 2 aromatic rings. The van der Waals surface area contributed by atoms with Gasteiger partial charge in [0.25, 0.3) is 0 Å². The summed E-state index contributed by atoms with van der Waals surface area (Å²) in [5.41, 5.74) is 3.19. The van der Waals surface area contributed by atoms with Crippen LogP contribution >= 0.6 is 23.2 Å². The molecule has 0 atom stereocenters. The average Bonchev–Trinajstić information content (AvgIpc) is 2.55. The maximum absolute atomic E-state index is 12.3. The Morgan fingerprint density at radius 1 is 1.04 bits per heavy atom. The van der Waals surface area contributed by atoms with Crippen molar-refractivity contribution >= 4 is 40.5 Å². The number of nitrogens with zero attached hydrogens (tertiary/aromatic N) is 2. The van der Waals surface area contributed by atoms with Crippen LogP contribution in [0.15, 0.2) is 42.5 Å². The Kier molecular flexibility index (Phi) is 5.84. The Hall–Kier alpha value is -1.75. The first-order valence-electron chi connectivity index (χ1n) is 8.30. The van der Waals surface area contributed by atoms with Crippen LogP contribution in [-0.2, 0) is 4.79 Å². The molecular formula is C19H21Cl2N3O. The number of anilines is 2. The number of aryl methyl sites for hydroxylation is 1. The van der Waals surface area contributed by atoms with Crippen LogP contribution in [0.3, 0.4) is 0 Å². The van der Waals surface area contributed by atoms with E-state index in [1.807, 2.05) is 0 Å². The van der Waals surface area contributed by atoms with Crippen LogP contribution in [0.25, 0.3) is 0 Å². The number of carbonyl (C=O) groups excluding carboxylic acids is 1. The van der Waals surface area contributed by atoms with Gasteiger partial charge in [-0.05, 0) is 36.8 Å². The van der Waals surface area contributed by atoms with Gasteiger partial charge in [0.15, 0.2) is 0 Å². The molecular weight excluding hydrogens is 357 g/mol. The van der Waals surface area contributed by atoms with Crippen molar-refractivity contribution in [3.05, 3.63) is 58.1 Å². The van der Waals surface area contributed by atoms with Crippen molar-refractivity contribution in [2.45, 2.75) is 6.92 Å². The summed E-state index contributed by atoms with van der Waals surface area (Å²) in [6, 6.07) is 13.4. The Labute approximate surface area is 158 Å². The molecule has 0 aromatic heterocycles. The molecule has 6 heteroatoms. The fourth-order valence-electron chi connectivity index (χ4n) is 3.09. The van der Waals surface area contributed by atoms with Gasteiger partial charge in [0.2, 0.25) is 5.91 Å². The highest BCUT2D eigenvalue weighted by atomic mass is 35.5. The summed E-state index contributed by atoms with van der Waals surface area (Å²) in [6.45, 7) is 6.05. The zero-order valence-corrected chi connectivity index (χ0v) is 15.6. The summed E-state index contributed by atoms with van der Waals surface area (Å²) in [5.74, 6) is -0.0531. The first-order chi connectivity index (χ1) is 12.0. The third kappa shape index (κ3) is 4.88. The van der Waals surface area contributed by atoms with Crippen LogP contribution in [0.1, 0.15) is 5.56 Å². The summed E-state index contributed by atoms with van der Waals surface area (Å²) >= 11 is 11.9. The first kappa shape index (κ1) is 18.1. The first-order valence-corrected chi connectivity index (χ1v) is 9.06. The van der Waals surface area contributed by atoms with Gasteiger partial charge in [-0.1, -0.05) is 41.4 Å². The van der Waals surface area contributed by atoms with Crippen molar-refractivity contribution < 1.29 is 4.79 Å². The summed E-state index contributed by atoms with van der Waals surface area (Å²) in [7, 11) is 0. The zero-order valence-electron chi connectivity index (χ0n) is 14.1. The second-order valence-corrected chi connectivity index (χ2v) is 7.13. The minimum atomic E-state index is -0.0531. The van der Waals surface area contributed by atoms with Gasteiger partial charge in [-0.15, -0.1) is 0 Å². The van der Waals surface area contributed by atoms with Crippen molar-refractivity contribution in [1.82, 2.24) is 4.90 Å². The van der Waals surface area contributed by atoms with E-state index in [0.29, 0.717) is 22.3 Å². The van der Waals surface area contributed by atoms with Gasteiger partial charge in [-0.25, -0.2) is 0 Å². The number of amides is 1. The summed E-state index contributed by atoms with van der Waals surface area (Å²) in [5, 5.41) is 3.88. The Bertz CT molecular complexity index is 738. The van der Waals surface area contributed by atoms with Crippen molar-refractivity contribution in [1.29, 1.82) is 0 Å². The van der Waals surface area contributed by atoms with Crippen molar-refractivity contribution in [2.75, 3.05) is 42.9 Å². The molecule has 0 radical (unpaired) electrons. The molecule has 0 aliphatic carbocycles. The molecule has 1 heterocycles. The molecule has 0 bridgehead atoms. The van der Waals surface area contributed by atoms with E-state index in [1.54, 1.807) is 18.2 Å². The van der Waals surface area contributed by atoms with E-state index in [-0.39, 0.29) is 5.91 Å². The van der Waals surface area contributed by atoms with Crippen molar-refractivity contribution in [2.24, 2.45) is 0 Å². The predicted octanol–water partition coefficient (Wildman–Crippen LogP) is 4.06. The van der Waals surface area contributed by atoms with Gasteiger partial charge in [0.05, 0.1) is 6.54 Å². The van der Waals surface area contributed by atoms with Gasteiger partial charge in [-0.2, -0.15) is 0 Å². The molecule has 1 N–H and O–H groups in total. The number of hydrogen-bond donors (Lipinski definition) is 1. The normalized spacial score (nSPS) is 15.2. The molecule has 0 unspecified atom stereocenters. The number of hydrogen-bond acceptors (Lipinski definition) is 3. The average molecular weight is 378 g/mol. The minimum Gasteiger partial charge on any atom is -0.369 e. The third-order valence-corrected chi connectivity index (χ3v) is 4.78. The highest BCUT2D eigenvalue weighted by Gasteiger charge is 2.20. The van der Waals surface area contributed by atoms with Crippen LogP contribution in [0, 0.1) is 6.92 Å². The van der Waals surface area contributed by atoms with E-state index in [0.717, 1.165) is 26.2 Å². The number of nitrogens with one attached hydrogen (secondary N) is 1. The molecule has 1 fully saturated rings. The van der Waals surface area contributed by atoms with E-state index in [1.165, 1.54) is 11.3 Å². The Balaban J connectivity index is 1.52. The topological polar surface area (TPSA) is 35.6 Å². The van der Waals surface area contributed by atoms with Crippen molar-refractivity contribution in [3.63, 3.8) is 0 Å². The van der Waals surface area contributed by atoms with Gasteiger partial charge in [-0.3, -0.25) is 9.69 Å². The van der Waals surface area contributed by atoms with Gasteiger partial charge in [0.1, 0.15) is 0 Å². The number of piperazine rings is 1. The Morgan fingerprint density at radius 3 is 2.32 bits per heavy atom. The molecule has 2 aromatic carbocycles. The predicted molar refractivity (Wildman–Crippen MR) is 105 cm³/mol. The van der Waals surface area contributed by atoms with E-state index in [4.69, 9.17) is 23.2 Å². The van der Waals surface area contributed by atoms with Crippen LogP contribution < -0.4 is 10.2 Å². The lowest BCUT2D eigenvalue weighted by molar-refractivity contribution is -0.117. The highest BCUT2D eigenvalue weighted by Crippen LogP contribution is 2.23. The van der Waals surface area contributed by atoms with Gasteiger partial charge >= 0.3 is 0 Å². The molecule has 1 amide bonds. The molecule has 4 nitrogen and oxygen atoms in total. The van der Waals surface area contributed by atoms with E-state index >= 15 is 0 Å².